The molecule has 3 heterocycles. The molecule has 0 atom stereocenters. The zero-order valence-electron chi connectivity index (χ0n) is 15.0. The fourth-order valence-corrected chi connectivity index (χ4v) is 3.67. The second kappa shape index (κ2) is 7.90. The molecule has 2 aromatic heterocycles. The third-order valence-corrected chi connectivity index (χ3v) is 5.02. The highest BCUT2D eigenvalue weighted by Crippen LogP contribution is 2.24. The Morgan fingerprint density at radius 1 is 1.43 bits per heavy atom. The molecule has 28 heavy (non-hydrogen) atoms. The molecule has 2 N–H and O–H groups in total. The van der Waals surface area contributed by atoms with E-state index in [9.17, 15) is 14.0 Å². The third-order valence-electron chi connectivity index (χ3n) is 4.70. The average Bonchev–Trinajstić information content (AvgIpc) is 3.10. The van der Waals surface area contributed by atoms with Crippen LogP contribution in [0.4, 0.5) is 10.1 Å². The lowest BCUT2D eigenvalue weighted by Gasteiger charge is -2.22. The summed E-state index contributed by atoms with van der Waals surface area (Å²) in [6.45, 7) is 3.80. The molecule has 0 radical (unpaired) electrons. The van der Waals surface area contributed by atoms with Gasteiger partial charge in [-0.05, 0) is 25.1 Å². The summed E-state index contributed by atoms with van der Waals surface area (Å²) in [7, 11) is 0. The number of hydrogen-bond acceptors (Lipinski definition) is 4. The van der Waals surface area contributed by atoms with Crippen molar-refractivity contribution in [2.24, 2.45) is 0 Å². The van der Waals surface area contributed by atoms with Crippen molar-refractivity contribution in [2.45, 2.75) is 26.4 Å². The van der Waals surface area contributed by atoms with Crippen molar-refractivity contribution < 1.29 is 9.18 Å². The molecule has 0 bridgehead atoms. The average molecular weight is 426 g/mol. The van der Waals surface area contributed by atoms with Crippen molar-refractivity contribution in [3.63, 3.8) is 0 Å². The first-order chi connectivity index (χ1) is 13.0. The topological polar surface area (TPSA) is 80.4 Å². The molecule has 0 unspecified atom stereocenters. The monoisotopic (exact) mass is 425 g/mol. The largest absolute Gasteiger partial charge is 0.329 e. The first-order valence-electron chi connectivity index (χ1n) is 8.60. The summed E-state index contributed by atoms with van der Waals surface area (Å²) in [4.78, 5) is 25.6. The van der Waals surface area contributed by atoms with E-state index in [0.29, 0.717) is 30.7 Å². The molecular formula is C18H18Cl2FN5O2. The highest BCUT2D eigenvalue weighted by Gasteiger charge is 2.24. The van der Waals surface area contributed by atoms with Crippen LogP contribution in [0.5, 0.6) is 0 Å². The van der Waals surface area contributed by atoms with Gasteiger partial charge in [0.05, 0.1) is 22.5 Å². The number of amides is 1. The third kappa shape index (κ3) is 3.28. The van der Waals surface area contributed by atoms with E-state index < -0.39 is 11.7 Å². The Balaban J connectivity index is 0.00000225. The smallest absolute Gasteiger partial charge is 0.279 e. The van der Waals surface area contributed by atoms with Gasteiger partial charge in [0.15, 0.2) is 5.65 Å². The van der Waals surface area contributed by atoms with Crippen LogP contribution in [-0.2, 0) is 19.5 Å². The van der Waals surface area contributed by atoms with Crippen LogP contribution in [0, 0.1) is 5.82 Å². The lowest BCUT2D eigenvalue weighted by Crippen LogP contribution is -2.36. The summed E-state index contributed by atoms with van der Waals surface area (Å²) < 4.78 is 16.4. The van der Waals surface area contributed by atoms with Gasteiger partial charge in [-0.25, -0.2) is 4.39 Å². The van der Waals surface area contributed by atoms with E-state index in [-0.39, 0.29) is 34.2 Å². The van der Waals surface area contributed by atoms with Crippen molar-refractivity contribution in [3.8, 4) is 0 Å². The maximum Gasteiger partial charge on any atom is 0.279 e. The zero-order valence-corrected chi connectivity index (χ0v) is 16.5. The van der Waals surface area contributed by atoms with Crippen LogP contribution in [0.15, 0.2) is 29.2 Å². The Morgan fingerprint density at radius 2 is 2.21 bits per heavy atom. The number of benzene rings is 1. The fourth-order valence-electron chi connectivity index (χ4n) is 3.46. The summed E-state index contributed by atoms with van der Waals surface area (Å²) in [6.07, 6.45) is 2.07. The lowest BCUT2D eigenvalue weighted by atomic mass is 10.1. The van der Waals surface area contributed by atoms with Gasteiger partial charge in [-0.1, -0.05) is 11.6 Å². The van der Waals surface area contributed by atoms with Gasteiger partial charge in [-0.3, -0.25) is 9.59 Å². The Bertz CT molecular complexity index is 1130. The van der Waals surface area contributed by atoms with Crippen molar-refractivity contribution in [2.75, 3.05) is 11.9 Å². The Labute approximate surface area is 170 Å². The van der Waals surface area contributed by atoms with Gasteiger partial charge in [-0.2, -0.15) is 9.61 Å². The quantitative estimate of drug-likeness (QED) is 0.675. The van der Waals surface area contributed by atoms with E-state index in [4.69, 9.17) is 11.6 Å². The minimum absolute atomic E-state index is 0. The van der Waals surface area contributed by atoms with Crippen molar-refractivity contribution in [1.82, 2.24) is 19.5 Å². The van der Waals surface area contributed by atoms with Crippen LogP contribution in [0.25, 0.3) is 5.65 Å². The number of hydrogen-bond donors (Lipinski definition) is 2. The van der Waals surface area contributed by atoms with Crippen molar-refractivity contribution in [3.05, 3.63) is 62.4 Å². The molecule has 0 saturated heterocycles. The standard InChI is InChI=1S/C18H17ClFN5O2.ClH/c1-2-24-15-5-6-21-8-11(15)18(27)25-17(24)12(9-22-25)16(26)23-14-4-3-10(20)7-13(14)19;/h3-4,7,9,21H,2,5-6,8H2,1H3,(H,23,26);1H. The molecule has 0 saturated carbocycles. The van der Waals surface area contributed by atoms with Crippen molar-refractivity contribution >= 4 is 41.2 Å². The number of halogens is 3. The molecular weight excluding hydrogens is 408 g/mol. The van der Waals surface area contributed by atoms with E-state index in [1.54, 1.807) is 0 Å². The summed E-state index contributed by atoms with van der Waals surface area (Å²) in [5.41, 5.74) is 2.36. The molecule has 1 aliphatic rings. The summed E-state index contributed by atoms with van der Waals surface area (Å²) in [5.74, 6) is -0.956. The SMILES string of the molecule is CCn1c2c(c(=O)n3ncc(C(=O)Nc4ccc(F)cc4Cl)c13)CNCC2.Cl. The number of aryl methyl sites for hydroxylation is 1. The second-order valence-corrected chi connectivity index (χ2v) is 6.68. The van der Waals surface area contributed by atoms with E-state index in [0.717, 1.165) is 18.3 Å². The van der Waals surface area contributed by atoms with Crippen LogP contribution < -0.4 is 16.2 Å². The van der Waals surface area contributed by atoms with E-state index in [1.165, 1.54) is 22.8 Å². The number of carbonyl (C=O) groups excluding carboxylic acids is 1. The predicted octanol–water partition coefficient (Wildman–Crippen LogP) is 2.63. The number of aromatic nitrogens is 3. The normalized spacial score (nSPS) is 13.1. The first kappa shape index (κ1) is 20.3. The highest BCUT2D eigenvalue weighted by atomic mass is 35.5. The zero-order chi connectivity index (χ0) is 19.1. The number of anilines is 1. The summed E-state index contributed by atoms with van der Waals surface area (Å²) in [5, 5.41) is 10.1. The molecule has 10 heteroatoms. The lowest BCUT2D eigenvalue weighted by molar-refractivity contribution is 0.102. The van der Waals surface area contributed by atoms with Gasteiger partial charge in [0, 0.05) is 31.7 Å². The number of rotatable bonds is 3. The van der Waals surface area contributed by atoms with Crippen LogP contribution in [-0.4, -0.2) is 26.6 Å². The molecule has 1 amide bonds. The van der Waals surface area contributed by atoms with Crippen LogP contribution in [0.1, 0.15) is 28.5 Å². The van der Waals surface area contributed by atoms with Gasteiger partial charge < -0.3 is 15.2 Å². The summed E-state index contributed by atoms with van der Waals surface area (Å²) in [6, 6.07) is 3.73. The Morgan fingerprint density at radius 3 is 2.93 bits per heavy atom. The van der Waals surface area contributed by atoms with E-state index >= 15 is 0 Å². The maximum absolute atomic E-state index is 13.2. The molecule has 1 aliphatic heterocycles. The summed E-state index contributed by atoms with van der Waals surface area (Å²) >= 11 is 5.99. The second-order valence-electron chi connectivity index (χ2n) is 6.27. The Hall–Kier alpha value is -2.42. The minimum atomic E-state index is -0.492. The number of nitrogens with one attached hydrogen (secondary N) is 2. The van der Waals surface area contributed by atoms with Crippen LogP contribution in [0.3, 0.4) is 0 Å². The molecule has 148 valence electrons. The van der Waals surface area contributed by atoms with E-state index in [2.05, 4.69) is 15.7 Å². The molecule has 0 spiro atoms. The van der Waals surface area contributed by atoms with E-state index in [1.807, 2.05) is 11.5 Å². The van der Waals surface area contributed by atoms with Gasteiger partial charge in [0.1, 0.15) is 11.4 Å². The van der Waals surface area contributed by atoms with Crippen LogP contribution in [0.2, 0.25) is 5.02 Å². The predicted molar refractivity (Wildman–Crippen MR) is 107 cm³/mol. The Kier molecular flexibility index (Phi) is 5.74. The van der Waals surface area contributed by atoms with Gasteiger partial charge in [-0.15, -0.1) is 12.4 Å². The van der Waals surface area contributed by atoms with Crippen LogP contribution >= 0.6 is 24.0 Å². The highest BCUT2D eigenvalue weighted by molar-refractivity contribution is 6.34. The maximum atomic E-state index is 13.2. The molecule has 3 aromatic rings. The number of carbonyl (C=O) groups is 1. The number of fused-ring (bicyclic) bond motifs is 2. The molecule has 0 aliphatic carbocycles. The molecule has 4 rings (SSSR count). The minimum Gasteiger partial charge on any atom is -0.329 e. The molecule has 7 nitrogen and oxygen atoms in total. The fraction of sp³-hybridized carbons (Fsp3) is 0.278. The van der Waals surface area contributed by atoms with Gasteiger partial charge in [0.2, 0.25) is 0 Å². The molecule has 0 fully saturated rings. The van der Waals surface area contributed by atoms with Gasteiger partial charge in [0.25, 0.3) is 11.5 Å². The van der Waals surface area contributed by atoms with Crippen molar-refractivity contribution in [1.29, 1.82) is 0 Å². The number of nitrogens with zero attached hydrogens (tertiary/aromatic N) is 3. The van der Waals surface area contributed by atoms with Gasteiger partial charge >= 0.3 is 0 Å². The molecule has 1 aromatic carbocycles. The first-order valence-corrected chi connectivity index (χ1v) is 8.98.